The highest BCUT2D eigenvalue weighted by atomic mass is 32.2. The van der Waals surface area contributed by atoms with E-state index in [0.29, 0.717) is 11.6 Å². The van der Waals surface area contributed by atoms with Crippen molar-refractivity contribution in [3.05, 3.63) is 60.2 Å². The second-order valence-corrected chi connectivity index (χ2v) is 7.78. The van der Waals surface area contributed by atoms with Gasteiger partial charge in [0.15, 0.2) is 5.82 Å². The minimum Gasteiger partial charge on any atom is -0.369 e. The summed E-state index contributed by atoms with van der Waals surface area (Å²) in [5, 5.41) is 7.19. The molecule has 0 saturated heterocycles. The molecule has 0 radical (unpaired) electrons. The molecular weight excluding hydrogens is 409 g/mol. The van der Waals surface area contributed by atoms with Gasteiger partial charge in [-0.3, -0.25) is 0 Å². The highest BCUT2D eigenvalue weighted by Crippen LogP contribution is 2.29. The second kappa shape index (κ2) is 8.17. The van der Waals surface area contributed by atoms with Gasteiger partial charge in [-0.05, 0) is 37.3 Å². The van der Waals surface area contributed by atoms with Crippen molar-refractivity contribution < 1.29 is 21.6 Å². The van der Waals surface area contributed by atoms with Crippen LogP contribution in [0.2, 0.25) is 0 Å². The van der Waals surface area contributed by atoms with E-state index in [-0.39, 0.29) is 18.0 Å². The number of aryl methyl sites for hydroxylation is 1. The van der Waals surface area contributed by atoms with E-state index in [1.807, 2.05) is 13.0 Å². The van der Waals surface area contributed by atoms with Crippen LogP contribution < -0.4 is 10.0 Å². The second-order valence-electron chi connectivity index (χ2n) is 6.01. The van der Waals surface area contributed by atoms with Crippen molar-refractivity contribution in [1.29, 1.82) is 0 Å². The van der Waals surface area contributed by atoms with E-state index in [4.69, 9.17) is 0 Å². The Kier molecular flexibility index (Phi) is 5.84. The molecule has 0 fully saturated rings. The molecule has 0 unspecified atom stereocenters. The summed E-state index contributed by atoms with van der Waals surface area (Å²) in [6.07, 6.45) is -1.43. The molecule has 8 nitrogen and oxygen atoms in total. The van der Waals surface area contributed by atoms with Crippen LogP contribution >= 0.6 is 0 Å². The number of halogens is 3. The number of rotatable bonds is 7. The molecule has 3 rings (SSSR count). The van der Waals surface area contributed by atoms with Crippen LogP contribution in [0.4, 0.5) is 19.0 Å². The van der Waals surface area contributed by atoms with Crippen LogP contribution in [0.15, 0.2) is 53.8 Å². The molecular formula is C17H17F3N6O2S. The van der Waals surface area contributed by atoms with Crippen molar-refractivity contribution in [3.63, 3.8) is 0 Å². The molecule has 0 atom stereocenters. The smallest absolute Gasteiger partial charge is 0.369 e. The molecule has 12 heteroatoms. The maximum absolute atomic E-state index is 12.6. The highest BCUT2D eigenvalue weighted by Gasteiger charge is 2.30. The topological polar surface area (TPSA) is 102 Å². The first kappa shape index (κ1) is 20.7. The first-order valence-corrected chi connectivity index (χ1v) is 9.89. The molecule has 0 spiro atoms. The number of nitrogens with zero attached hydrogens (tertiary/aromatic N) is 4. The van der Waals surface area contributed by atoms with E-state index in [1.165, 1.54) is 6.33 Å². The van der Waals surface area contributed by atoms with E-state index in [1.54, 1.807) is 16.9 Å². The number of hydrogen-bond acceptors (Lipinski definition) is 6. The van der Waals surface area contributed by atoms with Crippen molar-refractivity contribution >= 4 is 15.8 Å². The fraction of sp³-hybridized carbons (Fsp3) is 0.235. The van der Waals surface area contributed by atoms with E-state index in [9.17, 15) is 21.6 Å². The van der Waals surface area contributed by atoms with Gasteiger partial charge in [0.25, 0.3) is 0 Å². The van der Waals surface area contributed by atoms with Crippen LogP contribution in [0, 0.1) is 6.92 Å². The molecule has 0 saturated carbocycles. The highest BCUT2D eigenvalue weighted by molar-refractivity contribution is 7.89. The average Bonchev–Trinajstić information content (AvgIpc) is 3.11. The molecule has 0 aliphatic rings. The van der Waals surface area contributed by atoms with Crippen LogP contribution in [0.1, 0.15) is 11.3 Å². The van der Waals surface area contributed by atoms with Gasteiger partial charge in [-0.2, -0.15) is 18.3 Å². The lowest BCUT2D eigenvalue weighted by Gasteiger charge is -2.10. The summed E-state index contributed by atoms with van der Waals surface area (Å²) >= 11 is 0. The third kappa shape index (κ3) is 5.29. The fourth-order valence-electron chi connectivity index (χ4n) is 2.39. The lowest BCUT2D eigenvalue weighted by atomic mass is 10.2. The maximum atomic E-state index is 12.6. The van der Waals surface area contributed by atoms with Crippen molar-refractivity contribution in [2.45, 2.75) is 18.0 Å². The van der Waals surface area contributed by atoms with Crippen LogP contribution in [0.5, 0.6) is 0 Å². The quantitative estimate of drug-likeness (QED) is 0.563. The van der Waals surface area contributed by atoms with Crippen LogP contribution in [0.25, 0.3) is 5.82 Å². The number of hydrogen-bond donors (Lipinski definition) is 2. The molecule has 1 aromatic carbocycles. The number of benzene rings is 1. The SMILES string of the molecule is Cc1ccn(-c2cc(NCCNS(=O)(=O)c3ccc(C(F)(F)F)cc3)ncn2)n1. The molecule has 2 heterocycles. The summed E-state index contributed by atoms with van der Waals surface area (Å²) < 4.78 is 66.0. The zero-order valence-corrected chi connectivity index (χ0v) is 16.0. The third-order valence-electron chi connectivity index (χ3n) is 3.82. The Morgan fingerprint density at radius 3 is 2.41 bits per heavy atom. The standard InChI is InChI=1S/C17H17F3N6O2S/c1-12-6-9-26(25-12)16-10-15(22-11-23-16)21-7-8-24-29(27,28)14-4-2-13(3-5-14)17(18,19)20/h2-6,9-11,24H,7-8H2,1H3,(H,21,22,23). The number of aromatic nitrogens is 4. The van der Waals surface area contributed by atoms with Crippen LogP contribution in [-0.2, 0) is 16.2 Å². The van der Waals surface area contributed by atoms with Crippen LogP contribution in [-0.4, -0.2) is 41.3 Å². The van der Waals surface area contributed by atoms with Gasteiger partial charge in [0.2, 0.25) is 10.0 Å². The van der Waals surface area contributed by atoms with Gasteiger partial charge in [0, 0.05) is 25.4 Å². The van der Waals surface area contributed by atoms with E-state index >= 15 is 0 Å². The summed E-state index contributed by atoms with van der Waals surface area (Å²) in [5.74, 6) is 1.01. The third-order valence-corrected chi connectivity index (χ3v) is 5.30. The summed E-state index contributed by atoms with van der Waals surface area (Å²) in [6, 6.07) is 6.77. The average molecular weight is 426 g/mol. The van der Waals surface area contributed by atoms with Crippen molar-refractivity contribution in [1.82, 2.24) is 24.5 Å². The van der Waals surface area contributed by atoms with Crippen molar-refractivity contribution in [2.24, 2.45) is 0 Å². The molecule has 0 aliphatic carbocycles. The summed E-state index contributed by atoms with van der Waals surface area (Å²) in [4.78, 5) is 7.92. The van der Waals surface area contributed by atoms with Gasteiger partial charge < -0.3 is 5.32 Å². The van der Waals surface area contributed by atoms with Gasteiger partial charge in [-0.15, -0.1) is 0 Å². The molecule has 0 aliphatic heterocycles. The summed E-state index contributed by atoms with van der Waals surface area (Å²) in [5.41, 5.74) is -0.0825. The zero-order valence-electron chi connectivity index (χ0n) is 15.2. The van der Waals surface area contributed by atoms with Crippen LogP contribution in [0.3, 0.4) is 0 Å². The van der Waals surface area contributed by atoms with Gasteiger partial charge >= 0.3 is 6.18 Å². The van der Waals surface area contributed by atoms with E-state index < -0.39 is 21.8 Å². The van der Waals surface area contributed by atoms with Crippen molar-refractivity contribution in [2.75, 3.05) is 18.4 Å². The van der Waals surface area contributed by atoms with Crippen molar-refractivity contribution in [3.8, 4) is 5.82 Å². The summed E-state index contributed by atoms with van der Waals surface area (Å²) in [7, 11) is -3.93. The maximum Gasteiger partial charge on any atom is 0.416 e. The predicted molar refractivity (Wildman–Crippen MR) is 99.0 cm³/mol. The lowest BCUT2D eigenvalue weighted by Crippen LogP contribution is -2.29. The normalized spacial score (nSPS) is 12.1. The minimum atomic E-state index is -4.52. The Hall–Kier alpha value is -2.99. The molecule has 0 amide bonds. The number of sulfonamides is 1. The zero-order chi connectivity index (χ0) is 21.1. The molecule has 154 valence electrons. The molecule has 2 aromatic heterocycles. The Bertz CT molecular complexity index is 1080. The molecule has 0 bridgehead atoms. The number of nitrogens with one attached hydrogen (secondary N) is 2. The first-order valence-electron chi connectivity index (χ1n) is 8.41. The van der Waals surface area contributed by atoms with Gasteiger partial charge in [0.1, 0.15) is 12.1 Å². The Balaban J connectivity index is 1.56. The Morgan fingerprint density at radius 1 is 1.07 bits per heavy atom. The fourth-order valence-corrected chi connectivity index (χ4v) is 3.43. The number of anilines is 1. The van der Waals surface area contributed by atoms with Gasteiger partial charge in [-0.1, -0.05) is 0 Å². The first-order chi connectivity index (χ1) is 13.6. The Labute approximate surface area is 164 Å². The predicted octanol–water partition coefficient (Wildman–Crippen LogP) is 2.38. The largest absolute Gasteiger partial charge is 0.416 e. The molecule has 29 heavy (non-hydrogen) atoms. The van der Waals surface area contributed by atoms with E-state index in [2.05, 4.69) is 25.1 Å². The monoisotopic (exact) mass is 426 g/mol. The minimum absolute atomic E-state index is 0.00354. The van der Waals surface area contributed by atoms with Gasteiger partial charge in [-0.25, -0.2) is 27.8 Å². The van der Waals surface area contributed by atoms with E-state index in [0.717, 1.165) is 30.0 Å². The molecule has 2 N–H and O–H groups in total. The molecule has 3 aromatic rings. The number of alkyl halides is 3. The lowest BCUT2D eigenvalue weighted by molar-refractivity contribution is -0.137. The Morgan fingerprint density at radius 2 is 1.79 bits per heavy atom. The van der Waals surface area contributed by atoms with Gasteiger partial charge in [0.05, 0.1) is 16.2 Å². The summed E-state index contributed by atoms with van der Waals surface area (Å²) in [6.45, 7) is 2.05.